The Kier molecular flexibility index (Phi) is 3.83. The summed E-state index contributed by atoms with van der Waals surface area (Å²) in [5.41, 5.74) is 11.2. The van der Waals surface area contributed by atoms with Crippen molar-refractivity contribution in [3.63, 3.8) is 0 Å². The van der Waals surface area contributed by atoms with Gasteiger partial charge in [-0.1, -0.05) is 12.8 Å². The number of nitrogens with zero attached hydrogens (tertiary/aromatic N) is 1. The quantitative estimate of drug-likeness (QED) is 0.868. The number of aryl methyl sites for hydroxylation is 1. The number of aromatic amines is 2. The fourth-order valence-electron chi connectivity index (χ4n) is 3.17. The standard InChI is InChI=1S/C17H18N4/c18-11-14-16(12-7-9-20-10-8-12)13-5-3-1-2-4-6-15(13)21-17(14)19/h7-10H,1-6H2,(H2,19,21)/p+2. The summed E-state index contributed by atoms with van der Waals surface area (Å²) in [6.45, 7) is 0. The molecule has 0 saturated carbocycles. The van der Waals surface area contributed by atoms with Crippen LogP contribution in [-0.2, 0) is 12.8 Å². The smallest absolute Gasteiger partial charge is 0.286 e. The molecule has 4 nitrogen and oxygen atoms in total. The fourth-order valence-corrected chi connectivity index (χ4v) is 3.17. The molecule has 0 radical (unpaired) electrons. The number of H-pyrrole nitrogens is 2. The molecule has 21 heavy (non-hydrogen) atoms. The van der Waals surface area contributed by atoms with E-state index in [1.54, 1.807) is 0 Å². The minimum absolute atomic E-state index is 0.486. The van der Waals surface area contributed by atoms with E-state index in [1.807, 2.05) is 24.5 Å². The van der Waals surface area contributed by atoms with Crippen molar-refractivity contribution in [2.75, 3.05) is 5.73 Å². The summed E-state index contributed by atoms with van der Waals surface area (Å²) >= 11 is 0. The van der Waals surface area contributed by atoms with Crippen molar-refractivity contribution in [2.45, 2.75) is 38.5 Å². The van der Waals surface area contributed by atoms with Crippen LogP contribution in [0, 0.1) is 11.3 Å². The van der Waals surface area contributed by atoms with Gasteiger partial charge in [-0.2, -0.15) is 5.26 Å². The maximum absolute atomic E-state index is 9.53. The third kappa shape index (κ3) is 2.59. The van der Waals surface area contributed by atoms with E-state index in [0.717, 1.165) is 24.0 Å². The maximum Gasteiger partial charge on any atom is 0.289 e. The van der Waals surface area contributed by atoms with Crippen molar-refractivity contribution >= 4 is 5.82 Å². The zero-order chi connectivity index (χ0) is 14.7. The van der Waals surface area contributed by atoms with Gasteiger partial charge in [0.05, 0.1) is 0 Å². The van der Waals surface area contributed by atoms with Crippen LogP contribution in [-0.4, -0.2) is 0 Å². The lowest BCUT2D eigenvalue weighted by Crippen LogP contribution is -2.23. The minimum atomic E-state index is 0.486. The first kappa shape index (κ1) is 13.6. The lowest BCUT2D eigenvalue weighted by atomic mass is 9.88. The summed E-state index contributed by atoms with van der Waals surface area (Å²) in [5, 5.41) is 9.53. The molecule has 3 rings (SSSR count). The number of nitrogen functional groups attached to an aromatic ring is 1. The second-order valence-corrected chi connectivity index (χ2v) is 5.56. The number of nitrogens with two attached hydrogens (primary N) is 1. The Balaban J connectivity index is 2.26. The molecule has 1 aliphatic carbocycles. The number of hydrogen-bond donors (Lipinski definition) is 1. The molecule has 0 atom stereocenters. The van der Waals surface area contributed by atoms with Crippen LogP contribution in [0.25, 0.3) is 11.1 Å². The average Bonchev–Trinajstić information content (AvgIpc) is 2.49. The number of fused-ring (bicyclic) bond motifs is 1. The van der Waals surface area contributed by atoms with Crippen LogP contribution in [0.5, 0.6) is 0 Å². The first-order valence-electron chi connectivity index (χ1n) is 7.54. The number of pyridine rings is 2. The van der Waals surface area contributed by atoms with Gasteiger partial charge in [0.1, 0.15) is 17.3 Å². The van der Waals surface area contributed by atoms with Gasteiger partial charge in [-0.25, -0.2) is 9.97 Å². The average molecular weight is 280 g/mol. The molecular formula is C17H20N4+2. The van der Waals surface area contributed by atoms with Crippen LogP contribution in [0.1, 0.15) is 42.5 Å². The summed E-state index contributed by atoms with van der Waals surface area (Å²) in [6, 6.07) is 6.30. The summed E-state index contributed by atoms with van der Waals surface area (Å²) in [6.07, 6.45) is 10.7. The molecule has 0 fully saturated rings. The van der Waals surface area contributed by atoms with Crippen molar-refractivity contribution in [1.29, 1.82) is 5.26 Å². The van der Waals surface area contributed by atoms with Gasteiger partial charge in [0.25, 0.3) is 5.82 Å². The SMILES string of the molecule is N#Cc1c(N)[nH+]c2c(c1-c1cc[nH+]cc1)CCCCCC2. The van der Waals surface area contributed by atoms with E-state index in [4.69, 9.17) is 5.73 Å². The molecular weight excluding hydrogens is 260 g/mol. The first-order valence-corrected chi connectivity index (χ1v) is 7.54. The Morgan fingerprint density at radius 2 is 1.76 bits per heavy atom. The molecule has 2 aromatic rings. The zero-order valence-electron chi connectivity index (χ0n) is 12.1. The van der Waals surface area contributed by atoms with Gasteiger partial charge in [-0.3, -0.25) is 5.73 Å². The third-order valence-corrected chi connectivity index (χ3v) is 4.19. The van der Waals surface area contributed by atoms with E-state index in [-0.39, 0.29) is 0 Å². The molecule has 2 heterocycles. The molecule has 0 aromatic carbocycles. The molecule has 2 aromatic heterocycles. The van der Waals surface area contributed by atoms with Crippen LogP contribution in [0.4, 0.5) is 5.82 Å². The topological polar surface area (TPSA) is 78.1 Å². The normalized spacial score (nSPS) is 14.6. The van der Waals surface area contributed by atoms with E-state index in [0.29, 0.717) is 11.4 Å². The molecule has 0 unspecified atom stereocenters. The Morgan fingerprint density at radius 1 is 1.05 bits per heavy atom. The lowest BCUT2D eigenvalue weighted by Gasteiger charge is -2.17. The monoisotopic (exact) mass is 280 g/mol. The lowest BCUT2D eigenvalue weighted by molar-refractivity contribution is -0.378. The number of nitrogens with one attached hydrogen (secondary N) is 2. The van der Waals surface area contributed by atoms with Gasteiger partial charge in [0.15, 0.2) is 12.4 Å². The van der Waals surface area contributed by atoms with Crippen molar-refractivity contribution < 1.29 is 9.97 Å². The number of aromatic nitrogens is 2. The van der Waals surface area contributed by atoms with Gasteiger partial charge >= 0.3 is 0 Å². The molecule has 0 aliphatic heterocycles. The molecule has 4 heteroatoms. The third-order valence-electron chi connectivity index (χ3n) is 4.19. The van der Waals surface area contributed by atoms with Crippen LogP contribution < -0.4 is 15.7 Å². The second-order valence-electron chi connectivity index (χ2n) is 5.56. The van der Waals surface area contributed by atoms with Crippen LogP contribution in [0.3, 0.4) is 0 Å². The van der Waals surface area contributed by atoms with Gasteiger partial charge in [0.2, 0.25) is 0 Å². The Bertz CT molecular complexity index is 686. The first-order chi connectivity index (χ1) is 10.3. The summed E-state index contributed by atoms with van der Waals surface area (Å²) in [4.78, 5) is 6.31. The Morgan fingerprint density at radius 3 is 2.48 bits per heavy atom. The van der Waals surface area contributed by atoms with Crippen LogP contribution >= 0.6 is 0 Å². The molecule has 1 aliphatic rings. The van der Waals surface area contributed by atoms with Crippen molar-refractivity contribution in [3.8, 4) is 17.2 Å². The van der Waals surface area contributed by atoms with Gasteiger partial charge in [-0.05, 0) is 24.8 Å². The fraction of sp³-hybridized carbons (Fsp3) is 0.353. The van der Waals surface area contributed by atoms with Gasteiger partial charge in [0, 0.05) is 29.7 Å². The zero-order valence-corrected chi connectivity index (χ0v) is 12.1. The van der Waals surface area contributed by atoms with E-state index in [1.165, 1.54) is 36.9 Å². The highest BCUT2D eigenvalue weighted by Crippen LogP contribution is 2.32. The highest BCUT2D eigenvalue weighted by atomic mass is 14.9. The van der Waals surface area contributed by atoms with Gasteiger partial charge in [-0.15, -0.1) is 0 Å². The minimum Gasteiger partial charge on any atom is -0.286 e. The maximum atomic E-state index is 9.53. The van der Waals surface area contributed by atoms with Crippen molar-refractivity contribution in [1.82, 2.24) is 0 Å². The predicted molar refractivity (Wildman–Crippen MR) is 80.0 cm³/mol. The Labute approximate surface area is 124 Å². The summed E-state index contributed by atoms with van der Waals surface area (Å²) in [5.74, 6) is 0.486. The number of hydrogen-bond acceptors (Lipinski definition) is 2. The Hall–Kier alpha value is -2.41. The second kappa shape index (κ2) is 5.92. The molecule has 0 amide bonds. The summed E-state index contributed by atoms with van der Waals surface area (Å²) in [7, 11) is 0. The highest BCUT2D eigenvalue weighted by molar-refractivity contribution is 5.77. The number of anilines is 1. The molecule has 4 N–H and O–H groups in total. The van der Waals surface area contributed by atoms with Crippen LogP contribution in [0.2, 0.25) is 0 Å². The molecule has 0 spiro atoms. The molecule has 106 valence electrons. The number of rotatable bonds is 1. The molecule has 0 bridgehead atoms. The van der Waals surface area contributed by atoms with Crippen molar-refractivity contribution in [2.24, 2.45) is 0 Å². The van der Waals surface area contributed by atoms with E-state index in [2.05, 4.69) is 16.0 Å². The largest absolute Gasteiger partial charge is 0.289 e. The highest BCUT2D eigenvalue weighted by Gasteiger charge is 2.23. The van der Waals surface area contributed by atoms with Gasteiger partial charge < -0.3 is 0 Å². The van der Waals surface area contributed by atoms with E-state index < -0.39 is 0 Å². The predicted octanol–water partition coefficient (Wildman–Crippen LogP) is 2.09. The van der Waals surface area contributed by atoms with E-state index in [9.17, 15) is 5.26 Å². The van der Waals surface area contributed by atoms with E-state index >= 15 is 0 Å². The summed E-state index contributed by atoms with van der Waals surface area (Å²) < 4.78 is 0. The molecule has 0 saturated heterocycles. The van der Waals surface area contributed by atoms with Crippen molar-refractivity contribution in [3.05, 3.63) is 41.3 Å². The number of nitriles is 1. The van der Waals surface area contributed by atoms with Crippen LogP contribution in [0.15, 0.2) is 24.5 Å².